The van der Waals surface area contributed by atoms with Gasteiger partial charge in [-0.15, -0.1) is 0 Å². The molecular weight excluding hydrogens is 294 g/mol. The lowest BCUT2D eigenvalue weighted by molar-refractivity contribution is -0.929. The highest BCUT2D eigenvalue weighted by Crippen LogP contribution is 2.14. The first-order valence-corrected chi connectivity index (χ1v) is 9.47. The Morgan fingerprint density at radius 2 is 1.71 bits per heavy atom. The Kier molecular flexibility index (Phi) is 6.31. The first kappa shape index (κ1) is 17.0. The summed E-state index contributed by atoms with van der Waals surface area (Å²) in [5.74, 6) is 1.01. The summed E-state index contributed by atoms with van der Waals surface area (Å²) in [6.07, 6.45) is 6.22. The Morgan fingerprint density at radius 3 is 2.50 bits per heavy atom. The zero-order chi connectivity index (χ0) is 16.6. The molecule has 1 aliphatic heterocycles. The predicted octanol–water partition coefficient (Wildman–Crippen LogP) is 3.79. The second kappa shape index (κ2) is 8.89. The molecule has 0 saturated carbocycles. The first-order chi connectivity index (χ1) is 11.8. The molecule has 0 spiro atoms. The lowest BCUT2D eigenvalue weighted by Crippen LogP contribution is -3.10. The van der Waals surface area contributed by atoms with Gasteiger partial charge in [-0.2, -0.15) is 0 Å². The number of quaternary nitrogens is 1. The maximum atomic E-state index is 5.84. The van der Waals surface area contributed by atoms with Gasteiger partial charge >= 0.3 is 0 Å². The van der Waals surface area contributed by atoms with Crippen molar-refractivity contribution in [3.05, 3.63) is 65.2 Å². The number of fused-ring (bicyclic) bond motifs is 1. The molecule has 0 aliphatic carbocycles. The smallest absolute Gasteiger partial charge is 0.119 e. The van der Waals surface area contributed by atoms with E-state index < -0.39 is 0 Å². The van der Waals surface area contributed by atoms with Crippen molar-refractivity contribution in [1.82, 2.24) is 0 Å². The van der Waals surface area contributed by atoms with Crippen LogP contribution in [-0.2, 0) is 19.5 Å². The average Bonchev–Trinajstić information content (AvgIpc) is 2.63. The van der Waals surface area contributed by atoms with E-state index in [9.17, 15) is 0 Å². The molecule has 2 nitrogen and oxygen atoms in total. The van der Waals surface area contributed by atoms with Gasteiger partial charge in [0.05, 0.1) is 13.2 Å². The van der Waals surface area contributed by atoms with Crippen LogP contribution in [0.3, 0.4) is 0 Å². The maximum Gasteiger partial charge on any atom is 0.119 e. The van der Waals surface area contributed by atoms with E-state index in [0.29, 0.717) is 0 Å². The van der Waals surface area contributed by atoms with Crippen molar-refractivity contribution >= 4 is 0 Å². The van der Waals surface area contributed by atoms with E-state index in [1.165, 1.54) is 48.9 Å². The van der Waals surface area contributed by atoms with Gasteiger partial charge < -0.3 is 9.64 Å². The molecule has 2 aromatic carbocycles. The van der Waals surface area contributed by atoms with Crippen molar-refractivity contribution in [2.75, 3.05) is 13.2 Å². The molecule has 0 saturated heterocycles. The summed E-state index contributed by atoms with van der Waals surface area (Å²) in [6, 6.07) is 17.6. The quantitative estimate of drug-likeness (QED) is 0.730. The molecule has 0 bridgehead atoms. The van der Waals surface area contributed by atoms with E-state index in [0.717, 1.165) is 31.9 Å². The van der Waals surface area contributed by atoms with Gasteiger partial charge in [-0.3, -0.25) is 0 Å². The van der Waals surface area contributed by atoms with Crippen molar-refractivity contribution in [3.63, 3.8) is 0 Å². The zero-order valence-electron chi connectivity index (χ0n) is 14.9. The van der Waals surface area contributed by atoms with Crippen LogP contribution in [0.2, 0.25) is 0 Å². The van der Waals surface area contributed by atoms with E-state index in [4.69, 9.17) is 4.74 Å². The zero-order valence-corrected chi connectivity index (χ0v) is 14.9. The fourth-order valence-corrected chi connectivity index (χ4v) is 3.50. The molecule has 1 aliphatic rings. The molecular formula is C22H30NO+. The van der Waals surface area contributed by atoms with Crippen LogP contribution in [0.1, 0.15) is 49.3 Å². The normalized spacial score (nSPS) is 16.6. The molecule has 1 N–H and O–H groups in total. The van der Waals surface area contributed by atoms with E-state index in [1.54, 1.807) is 4.90 Å². The molecule has 2 aromatic rings. The number of benzene rings is 2. The summed E-state index contributed by atoms with van der Waals surface area (Å²) in [6.45, 7) is 6.56. The van der Waals surface area contributed by atoms with Crippen LogP contribution in [0, 0.1) is 0 Å². The molecule has 1 unspecified atom stereocenters. The maximum absolute atomic E-state index is 5.84. The van der Waals surface area contributed by atoms with Gasteiger partial charge in [0, 0.05) is 17.5 Å². The summed E-state index contributed by atoms with van der Waals surface area (Å²) >= 11 is 0. The summed E-state index contributed by atoms with van der Waals surface area (Å²) in [7, 11) is 0. The van der Waals surface area contributed by atoms with Crippen molar-refractivity contribution in [3.8, 4) is 5.75 Å². The molecule has 0 aromatic heterocycles. The number of hydrogen-bond acceptors (Lipinski definition) is 1. The van der Waals surface area contributed by atoms with Gasteiger partial charge in [0.25, 0.3) is 0 Å². The van der Waals surface area contributed by atoms with Crippen molar-refractivity contribution in [2.45, 2.75) is 52.1 Å². The molecule has 2 heteroatoms. The number of unbranched alkanes of at least 4 members (excludes halogenated alkanes) is 3. The highest BCUT2D eigenvalue weighted by molar-refractivity contribution is 5.28. The number of nitrogens with one attached hydrogen (secondary N) is 1. The fourth-order valence-electron chi connectivity index (χ4n) is 3.50. The van der Waals surface area contributed by atoms with E-state index >= 15 is 0 Å². The van der Waals surface area contributed by atoms with Crippen molar-refractivity contribution in [2.24, 2.45) is 0 Å². The molecule has 1 heterocycles. The fraction of sp³-hybridized carbons (Fsp3) is 0.455. The van der Waals surface area contributed by atoms with Crippen LogP contribution in [0.25, 0.3) is 0 Å². The largest absolute Gasteiger partial charge is 0.494 e. The van der Waals surface area contributed by atoms with Crippen LogP contribution in [-0.4, -0.2) is 13.2 Å². The minimum absolute atomic E-state index is 0.841. The molecule has 0 radical (unpaired) electrons. The Morgan fingerprint density at radius 1 is 0.917 bits per heavy atom. The second-order valence-electron chi connectivity index (χ2n) is 6.93. The number of rotatable bonds is 8. The highest BCUT2D eigenvalue weighted by Gasteiger charge is 2.18. The highest BCUT2D eigenvalue weighted by atomic mass is 16.5. The van der Waals surface area contributed by atoms with Gasteiger partial charge in [-0.1, -0.05) is 50.5 Å². The van der Waals surface area contributed by atoms with Gasteiger partial charge in [0.1, 0.15) is 18.8 Å². The minimum atomic E-state index is 0.841. The van der Waals surface area contributed by atoms with Gasteiger partial charge in [0.15, 0.2) is 0 Å². The van der Waals surface area contributed by atoms with Crippen LogP contribution in [0.4, 0.5) is 0 Å². The third-order valence-corrected chi connectivity index (χ3v) is 4.95. The molecule has 24 heavy (non-hydrogen) atoms. The summed E-state index contributed by atoms with van der Waals surface area (Å²) in [4.78, 5) is 1.65. The van der Waals surface area contributed by atoms with Gasteiger partial charge in [-0.05, 0) is 36.2 Å². The molecule has 0 amide bonds. The summed E-state index contributed by atoms with van der Waals surface area (Å²) < 4.78 is 5.84. The summed E-state index contributed by atoms with van der Waals surface area (Å²) in [5, 5.41) is 0. The second-order valence-corrected chi connectivity index (χ2v) is 6.93. The lowest BCUT2D eigenvalue weighted by Gasteiger charge is -2.26. The minimum Gasteiger partial charge on any atom is -0.494 e. The third-order valence-electron chi connectivity index (χ3n) is 4.95. The van der Waals surface area contributed by atoms with E-state index in [1.807, 2.05) is 0 Å². The topological polar surface area (TPSA) is 13.7 Å². The average molecular weight is 324 g/mol. The number of hydrogen-bond donors (Lipinski definition) is 1. The third kappa shape index (κ3) is 4.85. The Balaban J connectivity index is 1.46. The van der Waals surface area contributed by atoms with Crippen molar-refractivity contribution in [1.29, 1.82) is 0 Å². The molecule has 3 rings (SSSR count). The number of ether oxygens (including phenoxy) is 1. The SMILES string of the molecule is CCCCCCOc1ccc(C[NH+]2CCc3ccccc3C2)cc1. The first-order valence-electron chi connectivity index (χ1n) is 9.47. The molecule has 128 valence electrons. The van der Waals surface area contributed by atoms with Crippen molar-refractivity contribution < 1.29 is 9.64 Å². The standard InChI is InChI=1S/C22H29NO/c1-2-3-4-7-16-24-22-12-10-19(11-13-22)17-23-15-14-20-8-5-6-9-21(20)18-23/h5-6,8-13H,2-4,7,14-18H2,1H3/p+1. The van der Waals surface area contributed by atoms with Gasteiger partial charge in [0.2, 0.25) is 0 Å². The molecule has 1 atom stereocenters. The van der Waals surface area contributed by atoms with E-state index in [2.05, 4.69) is 55.5 Å². The van der Waals surface area contributed by atoms with Crippen LogP contribution >= 0.6 is 0 Å². The Bertz CT molecular complexity index is 620. The van der Waals surface area contributed by atoms with Crippen LogP contribution in [0.15, 0.2) is 48.5 Å². The monoisotopic (exact) mass is 324 g/mol. The Labute approximate surface area is 146 Å². The van der Waals surface area contributed by atoms with Gasteiger partial charge in [-0.25, -0.2) is 0 Å². The Hall–Kier alpha value is -1.80. The molecule has 0 fully saturated rings. The van der Waals surface area contributed by atoms with Crippen LogP contribution in [0.5, 0.6) is 5.75 Å². The van der Waals surface area contributed by atoms with Crippen LogP contribution < -0.4 is 9.64 Å². The van der Waals surface area contributed by atoms with E-state index in [-0.39, 0.29) is 0 Å². The predicted molar refractivity (Wildman–Crippen MR) is 99.5 cm³/mol. The lowest BCUT2D eigenvalue weighted by atomic mass is 9.99. The summed E-state index contributed by atoms with van der Waals surface area (Å²) in [5.41, 5.74) is 4.46.